The number of anilines is 2. The van der Waals surface area contributed by atoms with E-state index < -0.39 is 0 Å². The Morgan fingerprint density at radius 2 is 2.21 bits per heavy atom. The van der Waals surface area contributed by atoms with E-state index >= 15 is 0 Å². The van der Waals surface area contributed by atoms with E-state index in [1.807, 2.05) is 31.2 Å². The van der Waals surface area contributed by atoms with Gasteiger partial charge in [-0.2, -0.15) is 4.98 Å². The first-order valence-electron chi connectivity index (χ1n) is 6.42. The minimum Gasteiger partial charge on any atom is -0.491 e. The summed E-state index contributed by atoms with van der Waals surface area (Å²) >= 11 is 0. The van der Waals surface area contributed by atoms with Gasteiger partial charge in [-0.25, -0.2) is 4.98 Å². The Kier molecular flexibility index (Phi) is 3.18. The van der Waals surface area contributed by atoms with E-state index in [1.54, 1.807) is 6.20 Å². The molecular formula is C14H16N4O. The van der Waals surface area contributed by atoms with Gasteiger partial charge in [-0.15, -0.1) is 0 Å². The molecule has 1 aliphatic heterocycles. The topological polar surface area (TPSA) is 59.1 Å². The Morgan fingerprint density at radius 3 is 3.11 bits per heavy atom. The fourth-order valence-corrected chi connectivity index (χ4v) is 2.14. The SMILES string of the molecule is CCNc1nccc(NC2COc3ccccc32)n1. The molecule has 0 aliphatic carbocycles. The van der Waals surface area contributed by atoms with Gasteiger partial charge in [0.15, 0.2) is 0 Å². The number of benzene rings is 1. The molecule has 2 N–H and O–H groups in total. The monoisotopic (exact) mass is 256 g/mol. The third-order valence-corrected chi connectivity index (χ3v) is 3.01. The molecule has 1 atom stereocenters. The van der Waals surface area contributed by atoms with Crippen molar-refractivity contribution in [2.45, 2.75) is 13.0 Å². The number of hydrogen-bond acceptors (Lipinski definition) is 5. The lowest BCUT2D eigenvalue weighted by atomic mass is 10.1. The first-order chi connectivity index (χ1) is 9.36. The number of hydrogen-bond donors (Lipinski definition) is 2. The van der Waals surface area contributed by atoms with Crippen LogP contribution in [-0.4, -0.2) is 23.1 Å². The van der Waals surface area contributed by atoms with E-state index in [9.17, 15) is 0 Å². The van der Waals surface area contributed by atoms with Crippen molar-refractivity contribution in [2.75, 3.05) is 23.8 Å². The molecule has 0 fully saturated rings. The maximum atomic E-state index is 5.64. The summed E-state index contributed by atoms with van der Waals surface area (Å²) in [7, 11) is 0. The third-order valence-electron chi connectivity index (χ3n) is 3.01. The second-order valence-electron chi connectivity index (χ2n) is 4.34. The van der Waals surface area contributed by atoms with Crippen LogP contribution in [-0.2, 0) is 0 Å². The first kappa shape index (κ1) is 11.8. The molecule has 1 unspecified atom stereocenters. The molecule has 5 heteroatoms. The smallest absolute Gasteiger partial charge is 0.224 e. The lowest BCUT2D eigenvalue weighted by Crippen LogP contribution is -2.13. The number of nitrogens with one attached hydrogen (secondary N) is 2. The van der Waals surface area contributed by atoms with Gasteiger partial charge in [0.05, 0.1) is 6.04 Å². The molecule has 0 saturated carbocycles. The predicted molar refractivity (Wildman–Crippen MR) is 74.5 cm³/mol. The zero-order chi connectivity index (χ0) is 13.1. The van der Waals surface area contributed by atoms with Crippen LogP contribution >= 0.6 is 0 Å². The number of rotatable bonds is 4. The molecule has 1 aromatic heterocycles. The summed E-state index contributed by atoms with van der Waals surface area (Å²) in [4.78, 5) is 8.56. The van der Waals surface area contributed by atoms with E-state index in [0.29, 0.717) is 12.6 Å². The highest BCUT2D eigenvalue weighted by Gasteiger charge is 2.23. The van der Waals surface area contributed by atoms with Crippen molar-refractivity contribution in [1.82, 2.24) is 9.97 Å². The minimum atomic E-state index is 0.139. The van der Waals surface area contributed by atoms with E-state index in [1.165, 1.54) is 5.56 Å². The molecule has 3 rings (SSSR count). The average Bonchev–Trinajstić information content (AvgIpc) is 2.83. The molecule has 1 aliphatic rings. The summed E-state index contributed by atoms with van der Waals surface area (Å²) in [6.45, 7) is 3.45. The Morgan fingerprint density at radius 1 is 1.32 bits per heavy atom. The molecule has 1 aromatic carbocycles. The van der Waals surface area contributed by atoms with E-state index in [4.69, 9.17) is 4.74 Å². The summed E-state index contributed by atoms with van der Waals surface area (Å²) in [5.74, 6) is 2.39. The highest BCUT2D eigenvalue weighted by molar-refractivity contribution is 5.47. The number of aromatic nitrogens is 2. The summed E-state index contributed by atoms with van der Waals surface area (Å²) in [5, 5.41) is 6.48. The van der Waals surface area contributed by atoms with Crippen molar-refractivity contribution < 1.29 is 4.74 Å². The highest BCUT2D eigenvalue weighted by atomic mass is 16.5. The van der Waals surface area contributed by atoms with Gasteiger partial charge >= 0.3 is 0 Å². The van der Waals surface area contributed by atoms with Gasteiger partial charge in [-0.05, 0) is 19.1 Å². The van der Waals surface area contributed by atoms with Crippen molar-refractivity contribution in [3.8, 4) is 5.75 Å². The summed E-state index contributed by atoms with van der Waals surface area (Å²) in [5.41, 5.74) is 1.17. The van der Waals surface area contributed by atoms with Gasteiger partial charge in [0.1, 0.15) is 18.2 Å². The van der Waals surface area contributed by atoms with Crippen LogP contribution in [0.15, 0.2) is 36.5 Å². The van der Waals surface area contributed by atoms with E-state index in [-0.39, 0.29) is 6.04 Å². The maximum absolute atomic E-state index is 5.64. The van der Waals surface area contributed by atoms with Crippen LogP contribution in [0.25, 0.3) is 0 Å². The molecule has 0 bridgehead atoms. The van der Waals surface area contributed by atoms with Crippen LogP contribution in [0, 0.1) is 0 Å². The molecular weight excluding hydrogens is 240 g/mol. The molecule has 2 heterocycles. The van der Waals surface area contributed by atoms with Gasteiger partial charge in [-0.1, -0.05) is 18.2 Å². The average molecular weight is 256 g/mol. The fourth-order valence-electron chi connectivity index (χ4n) is 2.14. The molecule has 0 spiro atoms. The number of fused-ring (bicyclic) bond motifs is 1. The van der Waals surface area contributed by atoms with Crippen LogP contribution in [0.1, 0.15) is 18.5 Å². The maximum Gasteiger partial charge on any atom is 0.224 e. The number of para-hydroxylation sites is 1. The van der Waals surface area contributed by atoms with Crippen LogP contribution < -0.4 is 15.4 Å². The lowest BCUT2D eigenvalue weighted by Gasteiger charge is -2.12. The molecule has 19 heavy (non-hydrogen) atoms. The van der Waals surface area contributed by atoms with E-state index in [2.05, 4.69) is 26.7 Å². The third kappa shape index (κ3) is 2.45. The predicted octanol–water partition coefficient (Wildman–Crippen LogP) is 2.45. The summed E-state index contributed by atoms with van der Waals surface area (Å²) in [6.07, 6.45) is 1.75. The molecule has 0 saturated heterocycles. The second-order valence-corrected chi connectivity index (χ2v) is 4.34. The van der Waals surface area contributed by atoms with Gasteiger partial charge in [0.25, 0.3) is 0 Å². The molecule has 0 radical (unpaired) electrons. The molecule has 98 valence electrons. The Hall–Kier alpha value is -2.30. The second kappa shape index (κ2) is 5.14. The van der Waals surface area contributed by atoms with Gasteiger partial charge < -0.3 is 15.4 Å². The largest absolute Gasteiger partial charge is 0.491 e. The highest BCUT2D eigenvalue weighted by Crippen LogP contribution is 2.33. The van der Waals surface area contributed by atoms with Crippen molar-refractivity contribution in [3.05, 3.63) is 42.1 Å². The number of nitrogens with zero attached hydrogens (tertiary/aromatic N) is 2. The summed E-state index contributed by atoms with van der Waals surface area (Å²) in [6, 6.07) is 10.1. The van der Waals surface area contributed by atoms with E-state index in [0.717, 1.165) is 18.1 Å². The molecule has 5 nitrogen and oxygen atoms in total. The number of ether oxygens (including phenoxy) is 1. The first-order valence-corrected chi connectivity index (χ1v) is 6.42. The van der Waals surface area contributed by atoms with Crippen molar-refractivity contribution in [3.63, 3.8) is 0 Å². The normalized spacial score (nSPS) is 16.6. The van der Waals surface area contributed by atoms with Crippen molar-refractivity contribution in [1.29, 1.82) is 0 Å². The standard InChI is InChI=1S/C14H16N4O/c1-2-15-14-16-8-7-13(18-14)17-11-9-19-12-6-4-3-5-10(11)12/h3-8,11H,2,9H2,1H3,(H2,15,16,17,18). The Bertz CT molecular complexity index is 573. The van der Waals surface area contributed by atoms with Crippen molar-refractivity contribution in [2.24, 2.45) is 0 Å². The van der Waals surface area contributed by atoms with Gasteiger partial charge in [0, 0.05) is 18.3 Å². The zero-order valence-electron chi connectivity index (χ0n) is 10.8. The van der Waals surface area contributed by atoms with Crippen LogP contribution in [0.4, 0.5) is 11.8 Å². The molecule has 0 amide bonds. The molecule has 2 aromatic rings. The fraction of sp³-hybridized carbons (Fsp3) is 0.286. The van der Waals surface area contributed by atoms with Crippen LogP contribution in [0.2, 0.25) is 0 Å². The van der Waals surface area contributed by atoms with Gasteiger partial charge in [-0.3, -0.25) is 0 Å². The van der Waals surface area contributed by atoms with Crippen LogP contribution in [0.5, 0.6) is 5.75 Å². The lowest BCUT2D eigenvalue weighted by molar-refractivity contribution is 0.339. The Labute approximate surface area is 112 Å². The zero-order valence-corrected chi connectivity index (χ0v) is 10.8. The Balaban J connectivity index is 1.77. The quantitative estimate of drug-likeness (QED) is 0.880. The van der Waals surface area contributed by atoms with Gasteiger partial charge in [0.2, 0.25) is 5.95 Å². The van der Waals surface area contributed by atoms with Crippen molar-refractivity contribution >= 4 is 11.8 Å². The summed E-state index contributed by atoms with van der Waals surface area (Å²) < 4.78 is 5.64. The minimum absolute atomic E-state index is 0.139. The van der Waals surface area contributed by atoms with Crippen LogP contribution in [0.3, 0.4) is 0 Å².